The summed E-state index contributed by atoms with van der Waals surface area (Å²) in [5.41, 5.74) is 9.30. The van der Waals surface area contributed by atoms with E-state index in [-0.39, 0.29) is 0 Å². The quantitative estimate of drug-likeness (QED) is 0.631. The molecule has 0 fully saturated rings. The van der Waals surface area contributed by atoms with Crippen LogP contribution < -0.4 is 5.73 Å². The molecule has 2 heterocycles. The molecule has 0 saturated heterocycles. The van der Waals surface area contributed by atoms with Crippen molar-refractivity contribution in [2.45, 2.75) is 0 Å². The fraction of sp³-hybridized carbons (Fsp3) is 0. The SMILES string of the molecule is N#Cc1cnccc1-c1n[nH]c2ccc(N)cc12. The standard InChI is InChI=1S/C13H9N5/c14-6-8-7-16-4-3-10(8)13-11-5-9(15)1-2-12(11)17-18-13/h1-5,7H,15H2,(H,17,18). The molecule has 5 heteroatoms. The summed E-state index contributed by atoms with van der Waals surface area (Å²) in [5.74, 6) is 0. The molecule has 0 amide bonds. The lowest BCUT2D eigenvalue weighted by atomic mass is 10.0. The molecular weight excluding hydrogens is 226 g/mol. The van der Waals surface area contributed by atoms with Crippen LogP contribution in [0.25, 0.3) is 22.2 Å². The molecule has 5 nitrogen and oxygen atoms in total. The van der Waals surface area contributed by atoms with Gasteiger partial charge in [-0.15, -0.1) is 0 Å². The molecule has 1 aromatic carbocycles. The van der Waals surface area contributed by atoms with E-state index in [0.29, 0.717) is 11.3 Å². The molecule has 86 valence electrons. The summed E-state index contributed by atoms with van der Waals surface area (Å²) in [6.45, 7) is 0. The van der Waals surface area contributed by atoms with Gasteiger partial charge in [-0.05, 0) is 24.3 Å². The fourth-order valence-electron chi connectivity index (χ4n) is 1.93. The molecule has 2 aromatic heterocycles. The Morgan fingerprint density at radius 2 is 2.17 bits per heavy atom. The summed E-state index contributed by atoms with van der Waals surface area (Å²) in [6.07, 6.45) is 3.17. The number of hydrogen-bond donors (Lipinski definition) is 2. The van der Waals surface area contributed by atoms with Crippen LogP contribution in [0.15, 0.2) is 36.7 Å². The highest BCUT2D eigenvalue weighted by molar-refractivity contribution is 5.95. The van der Waals surface area contributed by atoms with Crippen LogP contribution in [-0.4, -0.2) is 15.2 Å². The minimum absolute atomic E-state index is 0.494. The molecule has 0 spiro atoms. The van der Waals surface area contributed by atoms with Crippen molar-refractivity contribution >= 4 is 16.6 Å². The summed E-state index contributed by atoms with van der Waals surface area (Å²) >= 11 is 0. The number of nitrogen functional groups attached to an aromatic ring is 1. The van der Waals surface area contributed by atoms with E-state index in [4.69, 9.17) is 11.0 Å². The average molecular weight is 235 g/mol. The van der Waals surface area contributed by atoms with E-state index in [0.717, 1.165) is 22.2 Å². The largest absolute Gasteiger partial charge is 0.399 e. The van der Waals surface area contributed by atoms with Gasteiger partial charge < -0.3 is 5.73 Å². The Morgan fingerprint density at radius 3 is 3.00 bits per heavy atom. The molecule has 0 radical (unpaired) electrons. The van der Waals surface area contributed by atoms with Crippen LogP contribution >= 0.6 is 0 Å². The Labute approximate surface area is 103 Å². The number of hydrogen-bond acceptors (Lipinski definition) is 4. The third-order valence-electron chi connectivity index (χ3n) is 2.78. The Morgan fingerprint density at radius 1 is 1.28 bits per heavy atom. The van der Waals surface area contributed by atoms with Gasteiger partial charge in [0.1, 0.15) is 11.8 Å². The van der Waals surface area contributed by atoms with Crippen molar-refractivity contribution in [3.63, 3.8) is 0 Å². The second kappa shape index (κ2) is 3.86. The van der Waals surface area contributed by atoms with Crippen molar-refractivity contribution in [1.29, 1.82) is 5.26 Å². The van der Waals surface area contributed by atoms with E-state index in [9.17, 15) is 0 Å². The van der Waals surface area contributed by atoms with Gasteiger partial charge in [0.2, 0.25) is 0 Å². The number of anilines is 1. The predicted octanol–water partition coefficient (Wildman–Crippen LogP) is 2.08. The number of H-pyrrole nitrogens is 1. The Bertz CT molecular complexity index is 766. The Hall–Kier alpha value is -2.87. The first-order chi connectivity index (χ1) is 8.79. The van der Waals surface area contributed by atoms with Gasteiger partial charge >= 0.3 is 0 Å². The number of nitrogens with one attached hydrogen (secondary N) is 1. The number of pyridine rings is 1. The van der Waals surface area contributed by atoms with Gasteiger partial charge in [-0.3, -0.25) is 10.1 Å². The van der Waals surface area contributed by atoms with Crippen LogP contribution in [0.4, 0.5) is 5.69 Å². The number of nitrogens with zero attached hydrogens (tertiary/aromatic N) is 3. The maximum Gasteiger partial charge on any atom is 0.101 e. The van der Waals surface area contributed by atoms with Gasteiger partial charge in [-0.2, -0.15) is 10.4 Å². The third-order valence-corrected chi connectivity index (χ3v) is 2.78. The van der Waals surface area contributed by atoms with Crippen LogP contribution in [0.1, 0.15) is 5.56 Å². The van der Waals surface area contributed by atoms with Gasteiger partial charge in [0, 0.05) is 29.0 Å². The maximum atomic E-state index is 9.09. The molecule has 0 aliphatic carbocycles. The first-order valence-corrected chi connectivity index (χ1v) is 5.37. The normalized spacial score (nSPS) is 10.4. The van der Waals surface area contributed by atoms with Crippen molar-refractivity contribution in [1.82, 2.24) is 15.2 Å². The molecule has 3 N–H and O–H groups in total. The average Bonchev–Trinajstić information content (AvgIpc) is 2.81. The van der Waals surface area contributed by atoms with Gasteiger partial charge in [-0.25, -0.2) is 0 Å². The lowest BCUT2D eigenvalue weighted by Crippen LogP contribution is -1.87. The van der Waals surface area contributed by atoms with Gasteiger partial charge in [0.25, 0.3) is 0 Å². The van der Waals surface area contributed by atoms with Crippen molar-refractivity contribution in [2.24, 2.45) is 0 Å². The lowest BCUT2D eigenvalue weighted by molar-refractivity contribution is 1.12. The summed E-state index contributed by atoms with van der Waals surface area (Å²) in [7, 11) is 0. The first kappa shape index (κ1) is 10.3. The summed E-state index contributed by atoms with van der Waals surface area (Å²) in [5, 5.41) is 17.2. The van der Waals surface area contributed by atoms with Crippen LogP contribution in [0.2, 0.25) is 0 Å². The number of aromatic amines is 1. The first-order valence-electron chi connectivity index (χ1n) is 5.37. The molecule has 0 bridgehead atoms. The van der Waals surface area contributed by atoms with Crippen LogP contribution in [0, 0.1) is 11.3 Å². The number of nitrogens with two attached hydrogens (primary N) is 1. The van der Waals surface area contributed by atoms with Gasteiger partial charge in [0.15, 0.2) is 0 Å². The number of nitriles is 1. The monoisotopic (exact) mass is 235 g/mol. The number of benzene rings is 1. The summed E-state index contributed by atoms with van der Waals surface area (Å²) in [6, 6.07) is 9.41. The topological polar surface area (TPSA) is 91.4 Å². The number of fused-ring (bicyclic) bond motifs is 1. The molecule has 0 unspecified atom stereocenters. The highest BCUT2D eigenvalue weighted by Gasteiger charge is 2.12. The molecule has 0 aliphatic heterocycles. The van der Waals surface area contributed by atoms with E-state index in [2.05, 4.69) is 21.3 Å². The summed E-state index contributed by atoms with van der Waals surface area (Å²) in [4.78, 5) is 3.94. The van der Waals surface area contributed by atoms with E-state index >= 15 is 0 Å². The zero-order valence-electron chi connectivity index (χ0n) is 9.38. The van der Waals surface area contributed by atoms with E-state index in [1.807, 2.05) is 18.2 Å². The molecule has 18 heavy (non-hydrogen) atoms. The van der Waals surface area contributed by atoms with Crippen molar-refractivity contribution in [3.8, 4) is 17.3 Å². The fourth-order valence-corrected chi connectivity index (χ4v) is 1.93. The highest BCUT2D eigenvalue weighted by atomic mass is 15.1. The van der Waals surface area contributed by atoms with E-state index in [1.54, 1.807) is 12.3 Å². The van der Waals surface area contributed by atoms with Crippen LogP contribution in [-0.2, 0) is 0 Å². The second-order valence-electron chi connectivity index (χ2n) is 3.91. The zero-order chi connectivity index (χ0) is 12.5. The zero-order valence-corrected chi connectivity index (χ0v) is 9.38. The van der Waals surface area contributed by atoms with Crippen LogP contribution in [0.5, 0.6) is 0 Å². The van der Waals surface area contributed by atoms with E-state index < -0.39 is 0 Å². The minimum Gasteiger partial charge on any atom is -0.399 e. The maximum absolute atomic E-state index is 9.09. The predicted molar refractivity (Wildman–Crippen MR) is 68.5 cm³/mol. The Kier molecular flexibility index (Phi) is 2.21. The number of rotatable bonds is 1. The smallest absolute Gasteiger partial charge is 0.101 e. The minimum atomic E-state index is 0.494. The molecular formula is C13H9N5. The van der Waals surface area contributed by atoms with E-state index in [1.165, 1.54) is 6.20 Å². The number of aromatic nitrogens is 3. The molecule has 0 saturated carbocycles. The highest BCUT2D eigenvalue weighted by Crippen LogP contribution is 2.29. The van der Waals surface area contributed by atoms with Crippen molar-refractivity contribution < 1.29 is 0 Å². The molecule has 3 aromatic rings. The molecule has 0 atom stereocenters. The summed E-state index contributed by atoms with van der Waals surface area (Å²) < 4.78 is 0. The Balaban J connectivity index is 2.32. The molecule has 0 aliphatic rings. The van der Waals surface area contributed by atoms with Gasteiger partial charge in [0.05, 0.1) is 11.1 Å². The molecule has 3 rings (SSSR count). The van der Waals surface area contributed by atoms with Gasteiger partial charge in [-0.1, -0.05) is 0 Å². The van der Waals surface area contributed by atoms with Crippen LogP contribution in [0.3, 0.4) is 0 Å². The second-order valence-corrected chi connectivity index (χ2v) is 3.91. The third kappa shape index (κ3) is 1.48. The van der Waals surface area contributed by atoms with Crippen molar-refractivity contribution in [3.05, 3.63) is 42.2 Å². The lowest BCUT2D eigenvalue weighted by Gasteiger charge is -2.00. The van der Waals surface area contributed by atoms with Crippen molar-refractivity contribution in [2.75, 3.05) is 5.73 Å².